The maximum Gasteiger partial charge on any atom is 0.257 e. The lowest BCUT2D eigenvalue weighted by Gasteiger charge is -2.47. The monoisotopic (exact) mass is 1090 g/mol. The van der Waals surface area contributed by atoms with Crippen LogP contribution in [-0.4, -0.2) is 6.71 Å². The number of hydrogen-bond donors (Lipinski definition) is 0. The number of nitrogens with zero attached hydrogens (tertiary/aromatic N) is 3. The van der Waals surface area contributed by atoms with E-state index in [1.807, 2.05) is 0 Å². The molecule has 0 atom stereocenters. The predicted octanol–water partition coefficient (Wildman–Crippen LogP) is 20.0. The van der Waals surface area contributed by atoms with Crippen molar-refractivity contribution < 1.29 is 4.42 Å². The molecule has 1 aromatic heterocycles. The molecule has 83 heavy (non-hydrogen) atoms. The van der Waals surface area contributed by atoms with Gasteiger partial charge >= 0.3 is 0 Å². The predicted molar refractivity (Wildman–Crippen MR) is 355 cm³/mol. The lowest BCUT2D eigenvalue weighted by Crippen LogP contribution is -2.61. The molecule has 0 fully saturated rings. The Morgan fingerprint density at radius 3 is 1.45 bits per heavy atom. The lowest BCUT2D eigenvalue weighted by atomic mass is 9.33. The molecule has 14 rings (SSSR count). The van der Waals surface area contributed by atoms with Gasteiger partial charge in [0.05, 0.1) is 11.4 Å². The van der Waals surface area contributed by atoms with Crippen molar-refractivity contribution in [2.45, 2.75) is 180 Å². The van der Waals surface area contributed by atoms with Gasteiger partial charge in [-0.15, -0.1) is 0 Å². The van der Waals surface area contributed by atoms with E-state index < -0.39 is 0 Å². The van der Waals surface area contributed by atoms with Crippen LogP contribution in [0.15, 0.2) is 168 Å². The van der Waals surface area contributed by atoms with Crippen molar-refractivity contribution in [3.8, 4) is 11.1 Å². The van der Waals surface area contributed by atoms with E-state index in [4.69, 9.17) is 4.42 Å². The van der Waals surface area contributed by atoms with Crippen molar-refractivity contribution in [3.05, 3.63) is 203 Å². The van der Waals surface area contributed by atoms with E-state index in [1.165, 1.54) is 95.3 Å². The van der Waals surface area contributed by atoms with Crippen molar-refractivity contribution in [3.63, 3.8) is 0 Å². The van der Waals surface area contributed by atoms with Crippen LogP contribution in [0, 0.1) is 0 Å². The molecule has 3 heterocycles. The summed E-state index contributed by atoms with van der Waals surface area (Å²) in [4.78, 5) is 7.76. The van der Waals surface area contributed by atoms with Crippen LogP contribution < -0.4 is 31.1 Å². The molecular formula is C78H84BN3O. The largest absolute Gasteiger partial charge is 0.440 e. The molecule has 0 radical (unpaired) electrons. The van der Waals surface area contributed by atoms with Crippen molar-refractivity contribution in [2.24, 2.45) is 0 Å². The Morgan fingerprint density at radius 1 is 0.410 bits per heavy atom. The third-order valence-electron chi connectivity index (χ3n) is 21.2. The van der Waals surface area contributed by atoms with Crippen molar-refractivity contribution >= 4 is 85.5 Å². The van der Waals surface area contributed by atoms with Gasteiger partial charge in [-0.3, -0.25) is 4.90 Å². The Bertz CT molecular complexity index is 4050. The zero-order chi connectivity index (χ0) is 58.1. The van der Waals surface area contributed by atoms with Gasteiger partial charge < -0.3 is 14.2 Å². The standard InChI is InChI=1S/C78H84BN3O/c1-72(2,3)50-31-34-64(55(41-50)49-25-19-16-20-26-49)82-67-44-54(80(51-27-21-17-22-28-51)52-29-23-18-24-30-52)43-66-70(67)79(69-56-45-59-62(48-68(56)83-71(69)82)78(14,15)40-37-75(59,8)9)63-46-60-61(77(12,13)39-38-76(60,10)11)47-65(63)81(66)53-32-33-57-58(42-53)74(6,7)36-35-73(57,4)5/h16-34,41-48H,35-40H2,1-15H3. The van der Waals surface area contributed by atoms with Crippen LogP contribution in [0.2, 0.25) is 0 Å². The molecule has 0 amide bonds. The van der Waals surface area contributed by atoms with E-state index in [2.05, 4.69) is 282 Å². The van der Waals surface area contributed by atoms with Gasteiger partial charge in [-0.25, -0.2) is 0 Å². The van der Waals surface area contributed by atoms with Crippen LogP contribution >= 0.6 is 0 Å². The summed E-state index contributed by atoms with van der Waals surface area (Å²) >= 11 is 0. The lowest BCUT2D eigenvalue weighted by molar-refractivity contribution is 0.332. The molecule has 4 nitrogen and oxygen atoms in total. The van der Waals surface area contributed by atoms with Crippen LogP contribution in [0.4, 0.5) is 51.4 Å². The molecule has 0 unspecified atom stereocenters. The summed E-state index contributed by atoms with van der Waals surface area (Å²) < 4.78 is 7.91. The normalized spacial score (nSPS) is 19.0. The van der Waals surface area contributed by atoms with Crippen molar-refractivity contribution in [1.29, 1.82) is 0 Å². The van der Waals surface area contributed by atoms with E-state index in [1.54, 1.807) is 0 Å². The fraction of sp³-hybridized carbons (Fsp3) is 0.359. The second kappa shape index (κ2) is 18.1. The highest BCUT2D eigenvalue weighted by Crippen LogP contribution is 2.56. The van der Waals surface area contributed by atoms with Gasteiger partial charge in [-0.05, 0) is 211 Å². The molecular weight excluding hydrogens is 1010 g/mol. The highest BCUT2D eigenvalue weighted by Gasteiger charge is 2.51. The number of hydrogen-bond acceptors (Lipinski definition) is 4. The van der Waals surface area contributed by atoms with Gasteiger partial charge in [-0.1, -0.05) is 189 Å². The third-order valence-corrected chi connectivity index (χ3v) is 21.2. The molecule has 5 heteroatoms. The Morgan fingerprint density at radius 2 is 0.892 bits per heavy atom. The Balaban J connectivity index is 1.19. The second-order valence-electron chi connectivity index (χ2n) is 30.6. The fourth-order valence-electron chi connectivity index (χ4n) is 15.6. The molecule has 2 aliphatic heterocycles. The Hall–Kier alpha value is -7.24. The average Bonchev–Trinajstić information content (AvgIpc) is 1.83. The quantitative estimate of drug-likeness (QED) is 0.155. The number of anilines is 9. The summed E-state index contributed by atoms with van der Waals surface area (Å²) in [6.45, 7) is 36.5. The summed E-state index contributed by atoms with van der Waals surface area (Å²) in [5.41, 5.74) is 26.3. The maximum atomic E-state index is 7.91. The topological polar surface area (TPSA) is 22.9 Å². The minimum absolute atomic E-state index is 0.00146. The zero-order valence-electron chi connectivity index (χ0n) is 52.2. The smallest absolute Gasteiger partial charge is 0.257 e. The first-order valence-corrected chi connectivity index (χ1v) is 31.1. The van der Waals surface area contributed by atoms with Crippen LogP contribution in [-0.2, 0) is 37.9 Å². The number of benzene rings is 8. The van der Waals surface area contributed by atoms with E-state index in [-0.39, 0.29) is 44.6 Å². The fourth-order valence-corrected chi connectivity index (χ4v) is 15.6. The summed E-state index contributed by atoms with van der Waals surface area (Å²) in [6, 6.07) is 63.4. The number of para-hydroxylation sites is 2. The molecule has 0 saturated carbocycles. The van der Waals surface area contributed by atoms with E-state index >= 15 is 0 Å². The molecule has 3 aliphatic carbocycles. The summed E-state index contributed by atoms with van der Waals surface area (Å²) in [5, 5.41) is 1.22. The summed E-state index contributed by atoms with van der Waals surface area (Å²) in [6.07, 6.45) is 6.83. The molecule has 8 aromatic carbocycles. The minimum atomic E-state index is -0.166. The van der Waals surface area contributed by atoms with E-state index in [0.29, 0.717) is 0 Å². The van der Waals surface area contributed by atoms with Gasteiger partial charge in [0.1, 0.15) is 5.58 Å². The van der Waals surface area contributed by atoms with Gasteiger partial charge in [0.25, 0.3) is 6.71 Å². The molecule has 420 valence electrons. The number of fused-ring (bicyclic) bond motifs is 9. The van der Waals surface area contributed by atoms with Gasteiger partial charge in [-0.2, -0.15) is 0 Å². The third kappa shape index (κ3) is 8.35. The molecule has 0 N–H and O–H groups in total. The minimum Gasteiger partial charge on any atom is -0.440 e. The Labute approximate surface area is 496 Å². The summed E-state index contributed by atoms with van der Waals surface area (Å²) in [5.74, 6) is 0.902. The first kappa shape index (κ1) is 53.8. The van der Waals surface area contributed by atoms with E-state index in [0.717, 1.165) is 72.0 Å². The SMILES string of the molecule is CC(C)(C)c1ccc(N2c3cc(N(c4ccccc4)c4ccccc4)cc4c3B(c3cc5c(cc3N4c3ccc4c(c3)C(C)(C)CCC4(C)C)C(C)(C)CCC5(C)C)c3c2oc2cc4c(cc32)C(C)(C)CCC4(C)C)c(-c2ccccc2)c1. The van der Waals surface area contributed by atoms with Crippen LogP contribution in [0.5, 0.6) is 0 Å². The first-order chi connectivity index (χ1) is 39.2. The van der Waals surface area contributed by atoms with Gasteiger partial charge in [0.15, 0.2) is 0 Å². The first-order valence-electron chi connectivity index (χ1n) is 31.1. The number of rotatable bonds is 6. The van der Waals surface area contributed by atoms with Crippen molar-refractivity contribution in [1.82, 2.24) is 0 Å². The Kier molecular flexibility index (Phi) is 11.7. The van der Waals surface area contributed by atoms with Gasteiger partial charge in [0, 0.05) is 50.5 Å². The molecule has 5 aliphatic rings. The van der Waals surface area contributed by atoms with Gasteiger partial charge in [0.2, 0.25) is 5.88 Å². The van der Waals surface area contributed by atoms with Crippen molar-refractivity contribution in [2.75, 3.05) is 14.7 Å². The highest BCUT2D eigenvalue weighted by atomic mass is 16.4. The van der Waals surface area contributed by atoms with E-state index in [9.17, 15) is 0 Å². The summed E-state index contributed by atoms with van der Waals surface area (Å²) in [7, 11) is 0. The highest BCUT2D eigenvalue weighted by molar-refractivity contribution is 7.01. The molecule has 9 aromatic rings. The van der Waals surface area contributed by atoms with Crippen LogP contribution in [0.3, 0.4) is 0 Å². The van der Waals surface area contributed by atoms with Crippen LogP contribution in [0.25, 0.3) is 22.1 Å². The zero-order valence-corrected chi connectivity index (χ0v) is 52.2. The maximum absolute atomic E-state index is 7.91. The molecule has 0 spiro atoms. The second-order valence-corrected chi connectivity index (χ2v) is 30.6. The van der Waals surface area contributed by atoms with Crippen LogP contribution in [0.1, 0.15) is 181 Å². The molecule has 0 bridgehead atoms. The number of furan rings is 1. The average molecular weight is 1090 g/mol. The molecule has 0 saturated heterocycles.